The standard InChI is InChI=1S/C24H20N2O6S/c1-2-30-24(29)21-17(18-9-5-11-31-18)14-33-23(21)26-19(27)13-32-20(28)12-16-7-3-6-15-8-4-10-25-22(15)16/h3-11,14H,2,12-13H2,1H3,(H,26,27). The van der Waals surface area contributed by atoms with Crippen molar-refractivity contribution in [2.45, 2.75) is 13.3 Å². The summed E-state index contributed by atoms with van der Waals surface area (Å²) in [5, 5.41) is 5.53. The zero-order chi connectivity index (χ0) is 23.2. The minimum atomic E-state index is -0.582. The number of carbonyl (C=O) groups is 3. The Kier molecular flexibility index (Phi) is 6.80. The number of para-hydroxylation sites is 1. The molecule has 0 radical (unpaired) electrons. The Morgan fingerprint density at radius 2 is 1.94 bits per heavy atom. The second-order valence-corrected chi connectivity index (χ2v) is 7.81. The second kappa shape index (κ2) is 10.1. The van der Waals surface area contributed by atoms with Gasteiger partial charge < -0.3 is 19.2 Å². The molecule has 4 aromatic rings. The number of esters is 2. The number of carbonyl (C=O) groups excluding carboxylic acids is 3. The molecule has 33 heavy (non-hydrogen) atoms. The summed E-state index contributed by atoms with van der Waals surface area (Å²) < 4.78 is 15.7. The van der Waals surface area contributed by atoms with Crippen molar-refractivity contribution >= 4 is 45.1 Å². The van der Waals surface area contributed by atoms with Crippen LogP contribution in [0.15, 0.2) is 64.7 Å². The van der Waals surface area contributed by atoms with Crippen LogP contribution in [0.4, 0.5) is 5.00 Å². The summed E-state index contributed by atoms with van der Waals surface area (Å²) in [5.41, 5.74) is 2.13. The van der Waals surface area contributed by atoms with Crippen LogP contribution in [0, 0.1) is 0 Å². The highest BCUT2D eigenvalue weighted by Crippen LogP contribution is 2.36. The topological polar surface area (TPSA) is 108 Å². The van der Waals surface area contributed by atoms with Crippen molar-refractivity contribution in [1.82, 2.24) is 4.98 Å². The van der Waals surface area contributed by atoms with Crippen molar-refractivity contribution in [3.63, 3.8) is 0 Å². The van der Waals surface area contributed by atoms with Crippen LogP contribution >= 0.6 is 11.3 Å². The molecular weight excluding hydrogens is 444 g/mol. The number of anilines is 1. The lowest BCUT2D eigenvalue weighted by atomic mass is 10.1. The number of rotatable bonds is 8. The van der Waals surface area contributed by atoms with Gasteiger partial charge in [-0.1, -0.05) is 24.3 Å². The van der Waals surface area contributed by atoms with E-state index in [-0.39, 0.29) is 18.6 Å². The van der Waals surface area contributed by atoms with Crippen LogP contribution in [-0.4, -0.2) is 36.0 Å². The third-order valence-electron chi connectivity index (χ3n) is 4.73. The number of aromatic nitrogens is 1. The number of fused-ring (bicyclic) bond motifs is 1. The van der Waals surface area contributed by atoms with Gasteiger partial charge in [0.2, 0.25) is 0 Å². The maximum atomic E-state index is 12.5. The Morgan fingerprint density at radius 3 is 2.73 bits per heavy atom. The van der Waals surface area contributed by atoms with E-state index >= 15 is 0 Å². The first-order chi connectivity index (χ1) is 16.1. The lowest BCUT2D eigenvalue weighted by Crippen LogP contribution is -2.22. The average molecular weight is 464 g/mol. The van der Waals surface area contributed by atoms with E-state index in [0.717, 1.165) is 16.7 Å². The molecule has 0 saturated heterocycles. The largest absolute Gasteiger partial charge is 0.464 e. The molecule has 0 aliphatic rings. The van der Waals surface area contributed by atoms with Crippen LogP contribution in [0.3, 0.4) is 0 Å². The van der Waals surface area contributed by atoms with Gasteiger partial charge in [0.1, 0.15) is 16.3 Å². The van der Waals surface area contributed by atoms with Crippen LogP contribution in [0.1, 0.15) is 22.8 Å². The number of furan rings is 1. The molecule has 0 atom stereocenters. The second-order valence-electron chi connectivity index (χ2n) is 6.93. The molecule has 0 fully saturated rings. The number of nitrogens with one attached hydrogen (secondary N) is 1. The van der Waals surface area contributed by atoms with Gasteiger partial charge >= 0.3 is 11.9 Å². The summed E-state index contributed by atoms with van der Waals surface area (Å²) in [5.74, 6) is -1.24. The first-order valence-corrected chi connectivity index (χ1v) is 11.1. The maximum Gasteiger partial charge on any atom is 0.341 e. The van der Waals surface area contributed by atoms with Crippen molar-refractivity contribution in [1.29, 1.82) is 0 Å². The van der Waals surface area contributed by atoms with Crippen molar-refractivity contribution in [3.8, 4) is 11.3 Å². The monoisotopic (exact) mass is 464 g/mol. The van der Waals surface area contributed by atoms with Gasteiger partial charge in [-0.05, 0) is 30.7 Å². The Balaban J connectivity index is 1.41. The van der Waals surface area contributed by atoms with E-state index in [1.165, 1.54) is 6.26 Å². The molecule has 3 aromatic heterocycles. The normalized spacial score (nSPS) is 10.7. The quantitative estimate of drug-likeness (QED) is 0.384. The molecule has 0 saturated carbocycles. The molecule has 8 nitrogen and oxygen atoms in total. The van der Waals surface area contributed by atoms with Crippen LogP contribution in [0.25, 0.3) is 22.2 Å². The highest BCUT2D eigenvalue weighted by Gasteiger charge is 2.24. The molecule has 0 bridgehead atoms. The van der Waals surface area contributed by atoms with Gasteiger partial charge in [-0.25, -0.2) is 4.79 Å². The Bertz CT molecular complexity index is 1290. The lowest BCUT2D eigenvalue weighted by Gasteiger charge is -2.09. The van der Waals surface area contributed by atoms with Gasteiger partial charge in [0.05, 0.1) is 24.8 Å². The summed E-state index contributed by atoms with van der Waals surface area (Å²) in [6.45, 7) is 1.38. The molecule has 9 heteroatoms. The van der Waals surface area contributed by atoms with E-state index in [1.807, 2.05) is 24.3 Å². The predicted octanol–water partition coefficient (Wildman–Crippen LogP) is 4.46. The molecule has 168 valence electrons. The molecule has 3 heterocycles. The smallest absolute Gasteiger partial charge is 0.341 e. The summed E-state index contributed by atoms with van der Waals surface area (Å²) in [6, 6.07) is 12.7. The van der Waals surface area contributed by atoms with Gasteiger partial charge in [-0.3, -0.25) is 14.6 Å². The van der Waals surface area contributed by atoms with Gasteiger partial charge in [0.25, 0.3) is 5.91 Å². The maximum absolute atomic E-state index is 12.5. The fraction of sp³-hybridized carbons (Fsp3) is 0.167. The van der Waals surface area contributed by atoms with Crippen molar-refractivity contribution in [2.75, 3.05) is 18.5 Å². The number of benzene rings is 1. The molecule has 4 rings (SSSR count). The number of hydrogen-bond acceptors (Lipinski definition) is 8. The number of ether oxygens (including phenoxy) is 2. The third-order valence-corrected chi connectivity index (χ3v) is 5.62. The average Bonchev–Trinajstić information content (AvgIpc) is 3.48. The van der Waals surface area contributed by atoms with Crippen molar-refractivity contribution < 1.29 is 28.3 Å². The Morgan fingerprint density at radius 1 is 1.09 bits per heavy atom. The fourth-order valence-electron chi connectivity index (χ4n) is 3.29. The number of pyridine rings is 1. The van der Waals surface area contributed by atoms with Crippen LogP contribution in [-0.2, 0) is 25.5 Å². The zero-order valence-electron chi connectivity index (χ0n) is 17.7. The first-order valence-electron chi connectivity index (χ1n) is 10.2. The van der Waals surface area contributed by atoms with Crippen molar-refractivity contribution in [3.05, 3.63) is 71.4 Å². The molecule has 0 unspecified atom stereocenters. The van der Waals surface area contributed by atoms with E-state index in [0.29, 0.717) is 27.4 Å². The van der Waals surface area contributed by atoms with Crippen LogP contribution in [0.5, 0.6) is 0 Å². The molecule has 0 aliphatic heterocycles. The van der Waals surface area contributed by atoms with E-state index in [2.05, 4.69) is 10.3 Å². The van der Waals surface area contributed by atoms with Gasteiger partial charge in [0, 0.05) is 22.5 Å². The highest BCUT2D eigenvalue weighted by molar-refractivity contribution is 7.15. The SMILES string of the molecule is CCOC(=O)c1c(-c2ccco2)csc1NC(=O)COC(=O)Cc1cccc2cccnc12. The van der Waals surface area contributed by atoms with Crippen LogP contribution in [0.2, 0.25) is 0 Å². The molecule has 0 spiro atoms. The van der Waals surface area contributed by atoms with Gasteiger partial charge in [0.15, 0.2) is 6.61 Å². The molecule has 1 amide bonds. The summed E-state index contributed by atoms with van der Waals surface area (Å²) >= 11 is 1.15. The minimum absolute atomic E-state index is 0.0165. The molecule has 0 aliphatic carbocycles. The van der Waals surface area contributed by atoms with Gasteiger partial charge in [-0.2, -0.15) is 0 Å². The van der Waals surface area contributed by atoms with E-state index in [4.69, 9.17) is 13.9 Å². The van der Waals surface area contributed by atoms with Crippen LogP contribution < -0.4 is 5.32 Å². The van der Waals surface area contributed by atoms with E-state index < -0.39 is 24.5 Å². The number of thiophene rings is 1. The summed E-state index contributed by atoms with van der Waals surface area (Å²) in [4.78, 5) is 41.6. The lowest BCUT2D eigenvalue weighted by molar-refractivity contribution is -0.146. The minimum Gasteiger partial charge on any atom is -0.464 e. The predicted molar refractivity (Wildman–Crippen MR) is 123 cm³/mol. The number of nitrogens with zero attached hydrogens (tertiary/aromatic N) is 1. The Hall–Kier alpha value is -3.98. The van der Waals surface area contributed by atoms with E-state index in [1.54, 1.807) is 36.7 Å². The Labute approximate surface area is 193 Å². The number of amides is 1. The molecule has 1 N–H and O–H groups in total. The summed E-state index contributed by atoms with van der Waals surface area (Å²) in [7, 11) is 0. The summed E-state index contributed by atoms with van der Waals surface area (Å²) in [6.07, 6.45) is 3.13. The van der Waals surface area contributed by atoms with Crippen molar-refractivity contribution in [2.24, 2.45) is 0 Å². The van der Waals surface area contributed by atoms with Gasteiger partial charge in [-0.15, -0.1) is 11.3 Å². The fourth-order valence-corrected chi connectivity index (χ4v) is 4.25. The number of hydrogen-bond donors (Lipinski definition) is 1. The zero-order valence-corrected chi connectivity index (χ0v) is 18.5. The molecule has 1 aromatic carbocycles. The third kappa shape index (κ3) is 5.09. The molecular formula is C24H20N2O6S. The van der Waals surface area contributed by atoms with E-state index in [9.17, 15) is 14.4 Å². The highest BCUT2D eigenvalue weighted by atomic mass is 32.1. The first kappa shape index (κ1) is 22.2.